The van der Waals surface area contributed by atoms with Crippen LogP contribution in [0.15, 0.2) is 46.3 Å². The standard InChI is InChI=1S/C15H20FN3S/c1-17-15(19-12-6-2-3-7-12)18-10-11-20-14-9-5-4-8-13(14)16/h2-5,8-9,12H,6-7,10-11H2,1H3,(H2,17,18,19). The highest BCUT2D eigenvalue weighted by atomic mass is 32.2. The second-order valence-corrected chi connectivity index (χ2v) is 5.70. The summed E-state index contributed by atoms with van der Waals surface area (Å²) in [6.45, 7) is 0.749. The van der Waals surface area contributed by atoms with Crippen LogP contribution in [0.2, 0.25) is 0 Å². The van der Waals surface area contributed by atoms with Gasteiger partial charge in [-0.25, -0.2) is 4.39 Å². The molecule has 0 heterocycles. The number of hydrogen-bond acceptors (Lipinski definition) is 2. The Morgan fingerprint density at radius 3 is 2.80 bits per heavy atom. The zero-order valence-electron chi connectivity index (χ0n) is 11.6. The Hall–Kier alpha value is -1.49. The first-order valence-corrected chi connectivity index (χ1v) is 7.77. The van der Waals surface area contributed by atoms with E-state index in [0.29, 0.717) is 10.9 Å². The van der Waals surface area contributed by atoms with Gasteiger partial charge < -0.3 is 10.6 Å². The zero-order valence-corrected chi connectivity index (χ0v) is 12.4. The Bertz CT molecular complexity index is 480. The van der Waals surface area contributed by atoms with Crippen molar-refractivity contribution in [2.24, 2.45) is 4.99 Å². The summed E-state index contributed by atoms with van der Waals surface area (Å²) in [5.41, 5.74) is 0. The number of thioether (sulfide) groups is 1. The lowest BCUT2D eigenvalue weighted by Crippen LogP contribution is -2.43. The van der Waals surface area contributed by atoms with Crippen LogP contribution in [0, 0.1) is 5.82 Å². The van der Waals surface area contributed by atoms with E-state index in [0.717, 1.165) is 31.1 Å². The van der Waals surface area contributed by atoms with Crippen LogP contribution in [0.4, 0.5) is 4.39 Å². The average molecular weight is 293 g/mol. The first-order valence-electron chi connectivity index (χ1n) is 6.79. The van der Waals surface area contributed by atoms with Crippen molar-refractivity contribution < 1.29 is 4.39 Å². The molecular formula is C15H20FN3S. The molecule has 1 aromatic carbocycles. The van der Waals surface area contributed by atoms with Crippen molar-refractivity contribution >= 4 is 17.7 Å². The van der Waals surface area contributed by atoms with E-state index in [2.05, 4.69) is 27.8 Å². The molecular weight excluding hydrogens is 273 g/mol. The molecule has 0 saturated carbocycles. The lowest BCUT2D eigenvalue weighted by molar-refractivity contribution is 0.602. The highest BCUT2D eigenvalue weighted by Crippen LogP contribution is 2.20. The maximum absolute atomic E-state index is 13.4. The van der Waals surface area contributed by atoms with E-state index < -0.39 is 0 Å². The van der Waals surface area contributed by atoms with E-state index in [4.69, 9.17) is 0 Å². The van der Waals surface area contributed by atoms with Crippen LogP contribution in [-0.4, -0.2) is 31.3 Å². The van der Waals surface area contributed by atoms with Crippen molar-refractivity contribution in [3.63, 3.8) is 0 Å². The molecule has 0 atom stereocenters. The Morgan fingerprint density at radius 2 is 2.10 bits per heavy atom. The molecule has 1 aliphatic carbocycles. The molecule has 0 saturated heterocycles. The molecule has 3 nitrogen and oxygen atoms in total. The lowest BCUT2D eigenvalue weighted by Gasteiger charge is -2.16. The fourth-order valence-corrected chi connectivity index (χ4v) is 2.82. The molecule has 5 heteroatoms. The van der Waals surface area contributed by atoms with E-state index in [1.807, 2.05) is 6.07 Å². The highest BCUT2D eigenvalue weighted by molar-refractivity contribution is 7.99. The second kappa shape index (κ2) is 7.94. The van der Waals surface area contributed by atoms with Crippen molar-refractivity contribution in [1.29, 1.82) is 0 Å². The summed E-state index contributed by atoms with van der Waals surface area (Å²) in [5, 5.41) is 6.62. The average Bonchev–Trinajstić information content (AvgIpc) is 2.97. The maximum Gasteiger partial charge on any atom is 0.191 e. The van der Waals surface area contributed by atoms with Crippen molar-refractivity contribution in [1.82, 2.24) is 10.6 Å². The van der Waals surface area contributed by atoms with Crippen LogP contribution in [0.3, 0.4) is 0 Å². The minimum Gasteiger partial charge on any atom is -0.356 e. The highest BCUT2D eigenvalue weighted by Gasteiger charge is 2.11. The van der Waals surface area contributed by atoms with Crippen LogP contribution in [0.1, 0.15) is 12.8 Å². The third kappa shape index (κ3) is 4.56. The van der Waals surface area contributed by atoms with Gasteiger partial charge in [-0.15, -0.1) is 11.8 Å². The number of benzene rings is 1. The minimum absolute atomic E-state index is 0.156. The Labute approximate surface area is 123 Å². The SMILES string of the molecule is CN=C(NCCSc1ccccc1F)NC1CC=CC1. The van der Waals surface area contributed by atoms with Gasteiger partial charge in [0, 0.05) is 30.3 Å². The van der Waals surface area contributed by atoms with Crippen LogP contribution in [0.5, 0.6) is 0 Å². The fourth-order valence-electron chi connectivity index (χ4n) is 2.02. The summed E-state index contributed by atoms with van der Waals surface area (Å²) < 4.78 is 13.4. The summed E-state index contributed by atoms with van der Waals surface area (Å²) in [7, 11) is 1.77. The molecule has 0 aromatic heterocycles. The second-order valence-electron chi connectivity index (χ2n) is 4.56. The fraction of sp³-hybridized carbons (Fsp3) is 0.400. The maximum atomic E-state index is 13.4. The largest absolute Gasteiger partial charge is 0.356 e. The molecule has 1 aliphatic rings. The van der Waals surface area contributed by atoms with E-state index in [1.165, 1.54) is 17.8 Å². The van der Waals surface area contributed by atoms with E-state index >= 15 is 0 Å². The van der Waals surface area contributed by atoms with Crippen molar-refractivity contribution in [2.75, 3.05) is 19.3 Å². The first-order chi connectivity index (χ1) is 9.79. The van der Waals surface area contributed by atoms with E-state index in [1.54, 1.807) is 19.2 Å². The Morgan fingerprint density at radius 1 is 1.35 bits per heavy atom. The summed E-state index contributed by atoms with van der Waals surface area (Å²) in [6, 6.07) is 7.30. The van der Waals surface area contributed by atoms with Crippen LogP contribution >= 0.6 is 11.8 Å². The van der Waals surface area contributed by atoms with Gasteiger partial charge in [-0.05, 0) is 25.0 Å². The molecule has 0 aliphatic heterocycles. The summed E-state index contributed by atoms with van der Waals surface area (Å²) in [5.74, 6) is 1.45. The monoisotopic (exact) mass is 293 g/mol. The minimum atomic E-state index is -0.156. The van der Waals surface area contributed by atoms with Gasteiger partial charge in [0.15, 0.2) is 5.96 Å². The zero-order chi connectivity index (χ0) is 14.2. The predicted octanol–water partition coefficient (Wildman–Crippen LogP) is 2.80. The Balaban J connectivity index is 1.68. The summed E-state index contributed by atoms with van der Waals surface area (Å²) >= 11 is 1.51. The van der Waals surface area contributed by atoms with Crippen LogP contribution in [0.25, 0.3) is 0 Å². The van der Waals surface area contributed by atoms with Gasteiger partial charge in [0.25, 0.3) is 0 Å². The van der Waals surface area contributed by atoms with Gasteiger partial charge in [0.05, 0.1) is 0 Å². The third-order valence-corrected chi connectivity index (χ3v) is 4.11. The molecule has 0 unspecified atom stereocenters. The first kappa shape index (κ1) is 14.9. The molecule has 2 N–H and O–H groups in total. The number of hydrogen-bond donors (Lipinski definition) is 2. The van der Waals surface area contributed by atoms with Crippen molar-refractivity contribution in [2.45, 2.75) is 23.8 Å². The smallest absolute Gasteiger partial charge is 0.191 e. The lowest BCUT2D eigenvalue weighted by atomic mass is 10.2. The third-order valence-electron chi connectivity index (χ3n) is 3.06. The normalized spacial score (nSPS) is 15.6. The van der Waals surface area contributed by atoms with E-state index in [-0.39, 0.29) is 5.82 Å². The Kier molecular flexibility index (Phi) is 5.92. The van der Waals surface area contributed by atoms with Crippen LogP contribution in [-0.2, 0) is 0 Å². The van der Waals surface area contributed by atoms with Crippen molar-refractivity contribution in [3.8, 4) is 0 Å². The van der Waals surface area contributed by atoms with Gasteiger partial charge >= 0.3 is 0 Å². The van der Waals surface area contributed by atoms with Crippen molar-refractivity contribution in [3.05, 3.63) is 42.2 Å². The van der Waals surface area contributed by atoms with Gasteiger partial charge in [-0.1, -0.05) is 24.3 Å². The van der Waals surface area contributed by atoms with Crippen LogP contribution < -0.4 is 10.6 Å². The predicted molar refractivity (Wildman–Crippen MR) is 83.8 cm³/mol. The molecule has 2 rings (SSSR count). The quantitative estimate of drug-likeness (QED) is 0.288. The number of guanidine groups is 1. The number of nitrogens with one attached hydrogen (secondary N) is 2. The van der Waals surface area contributed by atoms with Gasteiger partial charge in [0.1, 0.15) is 5.82 Å². The number of nitrogens with zero attached hydrogens (tertiary/aromatic N) is 1. The number of halogens is 1. The number of rotatable bonds is 5. The molecule has 0 amide bonds. The van der Waals surface area contributed by atoms with Gasteiger partial charge in [-0.2, -0.15) is 0 Å². The molecule has 0 spiro atoms. The molecule has 0 bridgehead atoms. The molecule has 0 radical (unpaired) electrons. The van der Waals surface area contributed by atoms with E-state index in [9.17, 15) is 4.39 Å². The number of aliphatic imine (C=N–C) groups is 1. The summed E-state index contributed by atoms with van der Waals surface area (Å²) in [6.07, 6.45) is 6.45. The molecule has 108 valence electrons. The molecule has 0 fully saturated rings. The van der Waals surface area contributed by atoms with Gasteiger partial charge in [-0.3, -0.25) is 4.99 Å². The van der Waals surface area contributed by atoms with Gasteiger partial charge in [0.2, 0.25) is 0 Å². The molecule has 1 aromatic rings. The summed E-state index contributed by atoms with van der Waals surface area (Å²) in [4.78, 5) is 4.89. The topological polar surface area (TPSA) is 36.4 Å². The molecule has 20 heavy (non-hydrogen) atoms.